The second-order valence-corrected chi connectivity index (χ2v) is 6.68. The van der Waals surface area contributed by atoms with Crippen LogP contribution in [0.3, 0.4) is 0 Å². The molecule has 3 nitrogen and oxygen atoms in total. The van der Waals surface area contributed by atoms with Crippen LogP contribution in [0.4, 0.5) is 0 Å². The summed E-state index contributed by atoms with van der Waals surface area (Å²) in [6.45, 7) is 5.90. The number of amides is 1. The van der Waals surface area contributed by atoms with Crippen molar-refractivity contribution in [1.82, 2.24) is 10.6 Å². The Balaban J connectivity index is 1.95. The minimum Gasteiger partial charge on any atom is -0.354 e. The Morgan fingerprint density at radius 1 is 1.53 bits per heavy atom. The summed E-state index contributed by atoms with van der Waals surface area (Å²) < 4.78 is 1.07. The van der Waals surface area contributed by atoms with E-state index < -0.39 is 0 Å². The number of benzene rings is 1. The second-order valence-electron chi connectivity index (χ2n) is 5.76. The molecule has 1 amide bonds. The third-order valence-electron chi connectivity index (χ3n) is 3.69. The maximum atomic E-state index is 12.0. The molecule has 1 atom stereocenters. The van der Waals surface area contributed by atoms with Crippen LogP contribution in [0.5, 0.6) is 0 Å². The first-order chi connectivity index (χ1) is 8.99. The molecule has 2 N–H and O–H groups in total. The lowest BCUT2D eigenvalue weighted by atomic mass is 9.84. The Kier molecular flexibility index (Phi) is 4.63. The molecule has 1 aliphatic heterocycles. The molecular weight excluding hydrogens is 304 g/mol. The molecule has 0 aliphatic carbocycles. The van der Waals surface area contributed by atoms with Crippen molar-refractivity contribution in [3.63, 3.8) is 0 Å². The molecule has 1 unspecified atom stereocenters. The number of halogens is 1. The van der Waals surface area contributed by atoms with Crippen LogP contribution < -0.4 is 10.6 Å². The molecule has 19 heavy (non-hydrogen) atoms. The van der Waals surface area contributed by atoms with Crippen LogP contribution in [0.1, 0.15) is 32.3 Å². The van der Waals surface area contributed by atoms with Crippen LogP contribution in [0.15, 0.2) is 28.7 Å². The first kappa shape index (κ1) is 14.5. The van der Waals surface area contributed by atoms with Gasteiger partial charge in [-0.1, -0.05) is 41.9 Å². The van der Waals surface area contributed by atoms with Crippen LogP contribution in [0.2, 0.25) is 0 Å². The summed E-state index contributed by atoms with van der Waals surface area (Å²) >= 11 is 3.49. The van der Waals surface area contributed by atoms with Crippen LogP contribution in [0.25, 0.3) is 0 Å². The van der Waals surface area contributed by atoms with Gasteiger partial charge in [-0.3, -0.25) is 4.79 Å². The summed E-state index contributed by atoms with van der Waals surface area (Å²) in [6.07, 6.45) is 2.04. The number of hydrogen-bond acceptors (Lipinski definition) is 2. The normalized spacial score (nSPS) is 19.4. The number of hydrogen-bond donors (Lipinski definition) is 2. The summed E-state index contributed by atoms with van der Waals surface area (Å²) in [4.78, 5) is 12.0. The summed E-state index contributed by atoms with van der Waals surface area (Å²) in [5.74, 6) is 0.126. The van der Waals surface area contributed by atoms with Crippen molar-refractivity contribution in [2.75, 3.05) is 13.1 Å². The van der Waals surface area contributed by atoms with Gasteiger partial charge in [-0.2, -0.15) is 0 Å². The number of carbonyl (C=O) groups excluding carboxylic acids is 1. The lowest BCUT2D eigenvalue weighted by molar-refractivity contribution is -0.123. The van der Waals surface area contributed by atoms with E-state index in [9.17, 15) is 4.79 Å². The fourth-order valence-electron chi connectivity index (χ4n) is 2.35. The van der Waals surface area contributed by atoms with E-state index in [0.717, 1.165) is 23.9 Å². The molecule has 4 heteroatoms. The molecule has 1 aromatic rings. The van der Waals surface area contributed by atoms with Gasteiger partial charge in [-0.05, 0) is 37.1 Å². The quantitative estimate of drug-likeness (QED) is 0.893. The van der Waals surface area contributed by atoms with E-state index in [-0.39, 0.29) is 17.4 Å². The molecule has 0 saturated carbocycles. The monoisotopic (exact) mass is 324 g/mol. The van der Waals surface area contributed by atoms with Crippen LogP contribution >= 0.6 is 15.9 Å². The second kappa shape index (κ2) is 6.06. The van der Waals surface area contributed by atoms with E-state index in [2.05, 4.69) is 52.5 Å². The molecule has 1 aromatic carbocycles. The maximum Gasteiger partial charge on any atom is 0.237 e. The SMILES string of the molecule is CC(C)(CNC(=O)C1CCCN1)c1cccc(Br)c1. The smallest absolute Gasteiger partial charge is 0.237 e. The van der Waals surface area contributed by atoms with Crippen molar-refractivity contribution >= 4 is 21.8 Å². The molecule has 104 valence electrons. The average Bonchev–Trinajstić information content (AvgIpc) is 2.90. The van der Waals surface area contributed by atoms with E-state index >= 15 is 0 Å². The first-order valence-corrected chi connectivity index (χ1v) is 7.55. The van der Waals surface area contributed by atoms with Gasteiger partial charge in [0.1, 0.15) is 0 Å². The molecule has 1 saturated heterocycles. The van der Waals surface area contributed by atoms with Gasteiger partial charge in [-0.15, -0.1) is 0 Å². The number of nitrogens with one attached hydrogen (secondary N) is 2. The fraction of sp³-hybridized carbons (Fsp3) is 0.533. The lowest BCUT2D eigenvalue weighted by Crippen LogP contribution is -2.45. The Morgan fingerprint density at radius 3 is 2.95 bits per heavy atom. The van der Waals surface area contributed by atoms with Crippen molar-refractivity contribution in [3.8, 4) is 0 Å². The molecule has 1 fully saturated rings. The molecular formula is C15H21BrN2O. The van der Waals surface area contributed by atoms with Crippen molar-refractivity contribution in [2.24, 2.45) is 0 Å². The zero-order valence-electron chi connectivity index (χ0n) is 11.5. The largest absolute Gasteiger partial charge is 0.354 e. The highest BCUT2D eigenvalue weighted by atomic mass is 79.9. The fourth-order valence-corrected chi connectivity index (χ4v) is 2.75. The number of carbonyl (C=O) groups is 1. The average molecular weight is 325 g/mol. The molecule has 1 aliphatic rings. The first-order valence-electron chi connectivity index (χ1n) is 6.76. The summed E-state index contributed by atoms with van der Waals surface area (Å²) in [6, 6.07) is 8.26. The highest BCUT2D eigenvalue weighted by molar-refractivity contribution is 9.10. The van der Waals surface area contributed by atoms with Crippen LogP contribution in [-0.4, -0.2) is 25.0 Å². The molecule has 0 aromatic heterocycles. The Labute approximate surface area is 123 Å². The molecule has 0 radical (unpaired) electrons. The van der Waals surface area contributed by atoms with E-state index in [1.54, 1.807) is 0 Å². The van der Waals surface area contributed by atoms with Crippen molar-refractivity contribution < 1.29 is 4.79 Å². The molecule has 1 heterocycles. The van der Waals surface area contributed by atoms with Gasteiger partial charge in [0.2, 0.25) is 5.91 Å². The van der Waals surface area contributed by atoms with Crippen LogP contribution in [0, 0.1) is 0 Å². The topological polar surface area (TPSA) is 41.1 Å². The summed E-state index contributed by atoms with van der Waals surface area (Å²) in [5, 5.41) is 6.29. The van der Waals surface area contributed by atoms with Crippen LogP contribution in [-0.2, 0) is 10.2 Å². The van der Waals surface area contributed by atoms with Gasteiger partial charge in [0.05, 0.1) is 6.04 Å². The van der Waals surface area contributed by atoms with Gasteiger partial charge in [0, 0.05) is 16.4 Å². The van der Waals surface area contributed by atoms with E-state index in [1.807, 2.05) is 12.1 Å². The molecule has 2 rings (SSSR count). The third kappa shape index (κ3) is 3.80. The standard InChI is InChI=1S/C15H21BrN2O/c1-15(2,11-5-3-6-12(16)9-11)10-18-14(19)13-7-4-8-17-13/h3,5-6,9,13,17H,4,7-8,10H2,1-2H3,(H,18,19). The summed E-state index contributed by atoms with van der Waals surface area (Å²) in [7, 11) is 0. The van der Waals surface area contributed by atoms with Crippen molar-refractivity contribution in [3.05, 3.63) is 34.3 Å². The van der Waals surface area contributed by atoms with E-state index in [4.69, 9.17) is 0 Å². The molecule has 0 spiro atoms. The van der Waals surface area contributed by atoms with Crippen molar-refractivity contribution in [1.29, 1.82) is 0 Å². The zero-order valence-corrected chi connectivity index (χ0v) is 13.1. The Hall–Kier alpha value is -0.870. The van der Waals surface area contributed by atoms with Gasteiger partial charge < -0.3 is 10.6 Å². The third-order valence-corrected chi connectivity index (χ3v) is 4.18. The van der Waals surface area contributed by atoms with E-state index in [0.29, 0.717) is 6.54 Å². The van der Waals surface area contributed by atoms with Gasteiger partial charge in [0.15, 0.2) is 0 Å². The van der Waals surface area contributed by atoms with Gasteiger partial charge >= 0.3 is 0 Å². The van der Waals surface area contributed by atoms with Crippen molar-refractivity contribution in [2.45, 2.75) is 38.1 Å². The van der Waals surface area contributed by atoms with E-state index in [1.165, 1.54) is 5.56 Å². The Morgan fingerprint density at radius 2 is 2.32 bits per heavy atom. The predicted octanol–water partition coefficient (Wildman–Crippen LogP) is 2.59. The number of rotatable bonds is 4. The highest BCUT2D eigenvalue weighted by Crippen LogP contribution is 2.25. The minimum atomic E-state index is -0.0714. The Bertz CT molecular complexity index is 453. The zero-order chi connectivity index (χ0) is 13.9. The van der Waals surface area contributed by atoms with Gasteiger partial charge in [0.25, 0.3) is 0 Å². The predicted molar refractivity (Wildman–Crippen MR) is 81.2 cm³/mol. The summed E-state index contributed by atoms with van der Waals surface area (Å²) in [5.41, 5.74) is 1.15. The minimum absolute atomic E-state index is 0.00157. The lowest BCUT2D eigenvalue weighted by Gasteiger charge is -2.26. The maximum absolute atomic E-state index is 12.0. The highest BCUT2D eigenvalue weighted by Gasteiger charge is 2.25. The molecule has 0 bridgehead atoms. The van der Waals surface area contributed by atoms with Gasteiger partial charge in [-0.25, -0.2) is 0 Å².